The molecule has 0 atom stereocenters. The summed E-state index contributed by atoms with van der Waals surface area (Å²) in [6.07, 6.45) is 2.61. The van der Waals surface area contributed by atoms with Crippen LogP contribution in [0.25, 0.3) is 0 Å². The Kier molecular flexibility index (Phi) is 5.09. The van der Waals surface area contributed by atoms with E-state index in [4.69, 9.17) is 11.6 Å². The third-order valence-electron chi connectivity index (χ3n) is 3.84. The summed E-state index contributed by atoms with van der Waals surface area (Å²) in [5.74, 6) is 1.28. The summed E-state index contributed by atoms with van der Waals surface area (Å²) in [6.45, 7) is 5.79. The van der Waals surface area contributed by atoms with Crippen molar-refractivity contribution >= 4 is 17.6 Å². The molecule has 1 fully saturated rings. The molecule has 0 bridgehead atoms. The number of guanidine groups is 1. The fourth-order valence-corrected chi connectivity index (χ4v) is 2.64. The minimum Gasteiger partial charge on any atom is -0.356 e. The molecular weight excluding hydrogens is 289 g/mol. The SMILES string of the molecule is CN=C(NCC1CC1)NCC(C)(C)c1ccc(F)cc1Cl. The average Bonchev–Trinajstić information content (AvgIpc) is 3.22. The molecule has 0 heterocycles. The molecule has 0 spiro atoms. The molecule has 0 saturated heterocycles. The van der Waals surface area contributed by atoms with Crippen LogP contribution in [0.2, 0.25) is 5.02 Å². The molecule has 0 aromatic heterocycles. The van der Waals surface area contributed by atoms with Gasteiger partial charge in [0.2, 0.25) is 0 Å². The zero-order valence-corrected chi connectivity index (χ0v) is 13.6. The maximum atomic E-state index is 13.2. The highest BCUT2D eigenvalue weighted by atomic mass is 35.5. The van der Waals surface area contributed by atoms with Gasteiger partial charge < -0.3 is 10.6 Å². The Morgan fingerprint density at radius 2 is 2.10 bits per heavy atom. The number of nitrogens with zero attached hydrogens (tertiary/aromatic N) is 1. The van der Waals surface area contributed by atoms with Gasteiger partial charge >= 0.3 is 0 Å². The molecular formula is C16H23ClFN3. The van der Waals surface area contributed by atoms with Gasteiger partial charge in [-0.25, -0.2) is 4.39 Å². The van der Waals surface area contributed by atoms with Gasteiger partial charge in [0.05, 0.1) is 0 Å². The second kappa shape index (κ2) is 6.65. The Balaban J connectivity index is 1.95. The lowest BCUT2D eigenvalue weighted by molar-refractivity contribution is 0.506. The maximum absolute atomic E-state index is 13.2. The third-order valence-corrected chi connectivity index (χ3v) is 4.15. The monoisotopic (exact) mass is 311 g/mol. The number of hydrogen-bond acceptors (Lipinski definition) is 1. The van der Waals surface area contributed by atoms with Crippen LogP contribution < -0.4 is 10.6 Å². The highest BCUT2D eigenvalue weighted by Gasteiger charge is 2.25. The molecule has 1 aromatic rings. The topological polar surface area (TPSA) is 36.4 Å². The lowest BCUT2D eigenvalue weighted by Gasteiger charge is -2.27. The van der Waals surface area contributed by atoms with Gasteiger partial charge in [-0.3, -0.25) is 4.99 Å². The number of aliphatic imine (C=N–C) groups is 1. The zero-order chi connectivity index (χ0) is 15.5. The van der Waals surface area contributed by atoms with E-state index in [1.54, 1.807) is 13.1 Å². The third kappa shape index (κ3) is 4.60. The van der Waals surface area contributed by atoms with Crippen LogP contribution in [0.4, 0.5) is 4.39 Å². The van der Waals surface area contributed by atoms with Crippen molar-refractivity contribution in [1.82, 2.24) is 10.6 Å². The van der Waals surface area contributed by atoms with Crippen LogP contribution in [-0.4, -0.2) is 26.1 Å². The molecule has 1 aliphatic rings. The summed E-state index contributed by atoms with van der Waals surface area (Å²) in [6, 6.07) is 4.56. The molecule has 0 aliphatic heterocycles. The molecule has 5 heteroatoms. The number of rotatable bonds is 5. The normalized spacial score (nSPS) is 16.0. The quantitative estimate of drug-likeness (QED) is 0.646. The minimum absolute atomic E-state index is 0.220. The van der Waals surface area contributed by atoms with Crippen LogP contribution >= 0.6 is 11.6 Å². The van der Waals surface area contributed by atoms with Crippen LogP contribution in [0.15, 0.2) is 23.2 Å². The Labute approximate surface area is 131 Å². The van der Waals surface area contributed by atoms with E-state index in [0.717, 1.165) is 24.0 Å². The van der Waals surface area contributed by atoms with Gasteiger partial charge in [0.25, 0.3) is 0 Å². The van der Waals surface area contributed by atoms with Gasteiger partial charge in [0, 0.05) is 30.6 Å². The number of nitrogens with one attached hydrogen (secondary N) is 2. The number of halogens is 2. The molecule has 0 radical (unpaired) electrons. The molecule has 1 aliphatic carbocycles. The highest BCUT2D eigenvalue weighted by molar-refractivity contribution is 6.31. The first-order valence-corrected chi connectivity index (χ1v) is 7.70. The standard InChI is InChI=1S/C16H23ClFN3/c1-16(2,13-7-6-12(18)8-14(13)17)10-21-15(19-3)20-9-11-4-5-11/h6-8,11H,4-5,9-10H2,1-3H3,(H2,19,20,21). The summed E-state index contributed by atoms with van der Waals surface area (Å²) in [5, 5.41) is 7.11. The maximum Gasteiger partial charge on any atom is 0.191 e. The van der Waals surface area contributed by atoms with E-state index in [1.165, 1.54) is 25.0 Å². The second-order valence-electron chi connectivity index (χ2n) is 6.26. The average molecular weight is 312 g/mol. The molecule has 0 amide bonds. The van der Waals surface area contributed by atoms with E-state index in [-0.39, 0.29) is 11.2 Å². The lowest BCUT2D eigenvalue weighted by Crippen LogP contribution is -2.44. The summed E-state index contributed by atoms with van der Waals surface area (Å²) in [5.41, 5.74) is 0.706. The molecule has 2 N–H and O–H groups in total. The second-order valence-corrected chi connectivity index (χ2v) is 6.67. The van der Waals surface area contributed by atoms with E-state index in [0.29, 0.717) is 11.6 Å². The molecule has 3 nitrogen and oxygen atoms in total. The predicted octanol–water partition coefficient (Wildman–Crippen LogP) is 3.33. The fourth-order valence-electron chi connectivity index (χ4n) is 2.22. The minimum atomic E-state index is -0.311. The van der Waals surface area contributed by atoms with Crippen molar-refractivity contribution in [2.45, 2.75) is 32.1 Å². The van der Waals surface area contributed by atoms with Gasteiger partial charge in [0.15, 0.2) is 5.96 Å². The molecule has 1 saturated carbocycles. The van der Waals surface area contributed by atoms with Crippen molar-refractivity contribution in [3.05, 3.63) is 34.6 Å². The van der Waals surface area contributed by atoms with Gasteiger partial charge in [-0.05, 0) is 36.5 Å². The van der Waals surface area contributed by atoms with Crippen LogP contribution in [0, 0.1) is 11.7 Å². The van der Waals surface area contributed by atoms with Crippen LogP contribution in [0.1, 0.15) is 32.3 Å². The largest absolute Gasteiger partial charge is 0.356 e. The molecule has 0 unspecified atom stereocenters. The summed E-state index contributed by atoms with van der Waals surface area (Å²) in [7, 11) is 1.76. The first kappa shape index (κ1) is 16.1. The van der Waals surface area contributed by atoms with Crippen molar-refractivity contribution in [2.75, 3.05) is 20.1 Å². The molecule has 116 valence electrons. The number of benzene rings is 1. The first-order valence-electron chi connectivity index (χ1n) is 7.32. The molecule has 2 rings (SSSR count). The first-order chi connectivity index (χ1) is 9.92. The van der Waals surface area contributed by atoms with Gasteiger partial charge in [-0.1, -0.05) is 31.5 Å². The van der Waals surface area contributed by atoms with Crippen molar-refractivity contribution in [1.29, 1.82) is 0 Å². The molecule has 1 aromatic carbocycles. The summed E-state index contributed by atoms with van der Waals surface area (Å²) in [4.78, 5) is 4.22. The zero-order valence-electron chi connectivity index (χ0n) is 12.8. The van der Waals surface area contributed by atoms with E-state index < -0.39 is 0 Å². The lowest BCUT2D eigenvalue weighted by atomic mass is 9.84. The summed E-state index contributed by atoms with van der Waals surface area (Å²) < 4.78 is 13.2. The molecule has 21 heavy (non-hydrogen) atoms. The van der Waals surface area contributed by atoms with Gasteiger partial charge in [-0.2, -0.15) is 0 Å². The summed E-state index contributed by atoms with van der Waals surface area (Å²) >= 11 is 6.16. The Hall–Kier alpha value is -1.29. The highest BCUT2D eigenvalue weighted by Crippen LogP contribution is 2.30. The van der Waals surface area contributed by atoms with E-state index >= 15 is 0 Å². The van der Waals surface area contributed by atoms with Crippen LogP contribution in [0.5, 0.6) is 0 Å². The van der Waals surface area contributed by atoms with Crippen molar-refractivity contribution in [2.24, 2.45) is 10.9 Å². The Morgan fingerprint density at radius 1 is 1.38 bits per heavy atom. The predicted molar refractivity (Wildman–Crippen MR) is 86.5 cm³/mol. The van der Waals surface area contributed by atoms with E-state index in [1.807, 2.05) is 0 Å². The van der Waals surface area contributed by atoms with Crippen molar-refractivity contribution in [3.8, 4) is 0 Å². The van der Waals surface area contributed by atoms with Crippen LogP contribution in [-0.2, 0) is 5.41 Å². The van der Waals surface area contributed by atoms with E-state index in [9.17, 15) is 4.39 Å². The van der Waals surface area contributed by atoms with Gasteiger partial charge in [0.1, 0.15) is 5.82 Å². The van der Waals surface area contributed by atoms with Crippen molar-refractivity contribution < 1.29 is 4.39 Å². The Bertz CT molecular complexity index is 524. The van der Waals surface area contributed by atoms with Crippen molar-refractivity contribution in [3.63, 3.8) is 0 Å². The number of hydrogen-bond donors (Lipinski definition) is 2. The smallest absolute Gasteiger partial charge is 0.191 e. The van der Waals surface area contributed by atoms with Gasteiger partial charge in [-0.15, -0.1) is 0 Å². The van der Waals surface area contributed by atoms with E-state index in [2.05, 4.69) is 29.5 Å². The Morgan fingerprint density at radius 3 is 2.67 bits per heavy atom. The van der Waals surface area contributed by atoms with Crippen LogP contribution in [0.3, 0.4) is 0 Å². The fraction of sp³-hybridized carbons (Fsp3) is 0.562.